The molecule has 1 rings (SSSR count). The molecule has 0 saturated heterocycles. The van der Waals surface area contributed by atoms with E-state index in [0.717, 1.165) is 5.56 Å². The fraction of sp³-hybridized carbons (Fsp3) is 0. The molecule has 74 valence electrons. The number of benzene rings is 1. The van der Waals surface area contributed by atoms with Crippen LogP contribution in [0.2, 0.25) is 0 Å². The number of amides is 1. The summed E-state index contributed by atoms with van der Waals surface area (Å²) in [5.74, 6) is -0.540. The predicted molar refractivity (Wildman–Crippen MR) is 51.9 cm³/mol. The highest BCUT2D eigenvalue weighted by Crippen LogP contribution is 2.08. The summed E-state index contributed by atoms with van der Waals surface area (Å²) in [6.07, 6.45) is 2.73. The van der Waals surface area contributed by atoms with Crippen LogP contribution in [0.15, 0.2) is 35.2 Å². The zero-order chi connectivity index (χ0) is 10.6. The molecule has 0 aliphatic carbocycles. The third kappa shape index (κ3) is 3.12. The number of carbonyl (C=O) groups is 1. The lowest BCUT2D eigenvalue weighted by atomic mass is 10.2. The van der Waals surface area contributed by atoms with E-state index in [0.29, 0.717) is 0 Å². The monoisotopic (exact) mass is 210 g/mol. The van der Waals surface area contributed by atoms with Crippen LogP contribution in [-0.4, -0.2) is 14.7 Å². The minimum Gasteiger partial charge on any atom is -0.768 e. The molecule has 0 aliphatic heterocycles. The number of hydrogen-bond donors (Lipinski definition) is 1. The standard InChI is InChI=1S/C9H9NO3S/c10-9(11)6-3-7-1-4-8(5-2-7)14(12)13/h1-6H,(H2,10,11)(H,12,13)/p-1. The van der Waals surface area contributed by atoms with Gasteiger partial charge in [-0.05, 0) is 34.9 Å². The summed E-state index contributed by atoms with van der Waals surface area (Å²) in [7, 11) is 0. The first-order valence-electron chi connectivity index (χ1n) is 3.76. The van der Waals surface area contributed by atoms with Crippen molar-refractivity contribution in [2.75, 3.05) is 0 Å². The van der Waals surface area contributed by atoms with Gasteiger partial charge in [-0.15, -0.1) is 0 Å². The van der Waals surface area contributed by atoms with Crippen LogP contribution in [0, 0.1) is 0 Å². The van der Waals surface area contributed by atoms with Gasteiger partial charge in [0.25, 0.3) is 0 Å². The second kappa shape index (κ2) is 4.69. The average molecular weight is 210 g/mol. The van der Waals surface area contributed by atoms with E-state index >= 15 is 0 Å². The molecule has 1 aromatic rings. The predicted octanol–water partition coefficient (Wildman–Crippen LogP) is 0.423. The molecule has 4 nitrogen and oxygen atoms in total. The first-order chi connectivity index (χ1) is 6.59. The Morgan fingerprint density at radius 3 is 2.36 bits per heavy atom. The van der Waals surface area contributed by atoms with Gasteiger partial charge < -0.3 is 10.3 Å². The van der Waals surface area contributed by atoms with E-state index in [-0.39, 0.29) is 4.90 Å². The van der Waals surface area contributed by atoms with Crippen molar-refractivity contribution in [2.24, 2.45) is 5.73 Å². The van der Waals surface area contributed by atoms with Gasteiger partial charge in [-0.3, -0.25) is 9.00 Å². The highest BCUT2D eigenvalue weighted by molar-refractivity contribution is 7.79. The van der Waals surface area contributed by atoms with Crippen LogP contribution >= 0.6 is 0 Å². The third-order valence-corrected chi connectivity index (χ3v) is 2.17. The second-order valence-electron chi connectivity index (χ2n) is 2.54. The maximum atomic E-state index is 10.5. The summed E-state index contributed by atoms with van der Waals surface area (Å²) in [5.41, 5.74) is 5.61. The molecule has 1 unspecified atom stereocenters. The van der Waals surface area contributed by atoms with Crippen molar-refractivity contribution in [1.29, 1.82) is 0 Å². The molecule has 2 N–H and O–H groups in total. The van der Waals surface area contributed by atoms with Crippen molar-refractivity contribution in [1.82, 2.24) is 0 Å². The minimum atomic E-state index is -2.22. The lowest BCUT2D eigenvalue weighted by Gasteiger charge is -2.03. The molecule has 0 heterocycles. The van der Waals surface area contributed by atoms with Crippen molar-refractivity contribution < 1.29 is 13.6 Å². The smallest absolute Gasteiger partial charge is 0.241 e. The molecule has 14 heavy (non-hydrogen) atoms. The number of carbonyl (C=O) groups excluding carboxylic acids is 1. The molecule has 1 aromatic carbocycles. The Labute approximate surface area is 83.7 Å². The first-order valence-corrected chi connectivity index (χ1v) is 4.84. The van der Waals surface area contributed by atoms with Gasteiger partial charge in [0.15, 0.2) is 0 Å². The molecular weight excluding hydrogens is 202 g/mol. The second-order valence-corrected chi connectivity index (χ2v) is 3.48. The van der Waals surface area contributed by atoms with Gasteiger partial charge in [0.1, 0.15) is 0 Å². The normalized spacial score (nSPS) is 12.9. The lowest BCUT2D eigenvalue weighted by molar-refractivity contribution is -0.113. The van der Waals surface area contributed by atoms with Crippen LogP contribution in [-0.2, 0) is 15.9 Å². The van der Waals surface area contributed by atoms with E-state index in [4.69, 9.17) is 5.73 Å². The molecule has 1 amide bonds. The molecule has 0 aliphatic rings. The average Bonchev–Trinajstić information content (AvgIpc) is 2.15. The SMILES string of the molecule is NC(=O)C=Cc1ccc(S(=O)[O-])cc1. The van der Waals surface area contributed by atoms with Gasteiger partial charge in [-0.2, -0.15) is 0 Å². The number of hydrogen-bond acceptors (Lipinski definition) is 3. The quantitative estimate of drug-likeness (QED) is 0.579. The van der Waals surface area contributed by atoms with Gasteiger partial charge in [-0.25, -0.2) is 0 Å². The zero-order valence-corrected chi connectivity index (χ0v) is 7.99. The molecular formula is C9H8NO3S-. The maximum absolute atomic E-state index is 10.5. The van der Waals surface area contributed by atoms with Gasteiger partial charge in [0.2, 0.25) is 5.91 Å². The van der Waals surface area contributed by atoms with Gasteiger partial charge >= 0.3 is 0 Å². The van der Waals surface area contributed by atoms with Crippen LogP contribution in [0.1, 0.15) is 5.56 Å². The highest BCUT2D eigenvalue weighted by atomic mass is 32.2. The van der Waals surface area contributed by atoms with E-state index in [1.165, 1.54) is 24.3 Å². The Morgan fingerprint density at radius 2 is 1.93 bits per heavy atom. The largest absolute Gasteiger partial charge is 0.768 e. The molecule has 5 heteroatoms. The Balaban J connectivity index is 2.83. The number of primary amides is 1. The van der Waals surface area contributed by atoms with E-state index < -0.39 is 17.0 Å². The Hall–Kier alpha value is -1.46. The third-order valence-electron chi connectivity index (χ3n) is 1.51. The molecule has 0 fully saturated rings. The van der Waals surface area contributed by atoms with E-state index in [9.17, 15) is 13.6 Å². The zero-order valence-electron chi connectivity index (χ0n) is 7.17. The summed E-state index contributed by atoms with van der Waals surface area (Å²) >= 11 is -2.22. The van der Waals surface area contributed by atoms with Gasteiger partial charge in [-0.1, -0.05) is 12.1 Å². The molecule has 0 radical (unpaired) electrons. The summed E-state index contributed by atoms with van der Waals surface area (Å²) in [5, 5.41) is 0. The molecule has 1 atom stereocenters. The Morgan fingerprint density at radius 1 is 1.36 bits per heavy atom. The van der Waals surface area contributed by atoms with Crippen molar-refractivity contribution in [2.45, 2.75) is 4.90 Å². The first kappa shape index (κ1) is 10.6. The topological polar surface area (TPSA) is 83.2 Å². The summed E-state index contributed by atoms with van der Waals surface area (Å²) in [6, 6.07) is 6.07. The van der Waals surface area contributed by atoms with E-state index in [1.807, 2.05) is 0 Å². The maximum Gasteiger partial charge on any atom is 0.241 e. The molecule has 0 aromatic heterocycles. The number of rotatable bonds is 3. The Bertz CT molecular complexity index is 384. The van der Waals surface area contributed by atoms with Crippen molar-refractivity contribution in [3.8, 4) is 0 Å². The van der Waals surface area contributed by atoms with E-state index in [2.05, 4.69) is 0 Å². The highest BCUT2D eigenvalue weighted by Gasteiger charge is 1.92. The van der Waals surface area contributed by atoms with E-state index in [1.54, 1.807) is 12.1 Å². The fourth-order valence-electron chi connectivity index (χ4n) is 0.868. The molecule has 0 bridgehead atoms. The van der Waals surface area contributed by atoms with Crippen molar-refractivity contribution in [3.05, 3.63) is 35.9 Å². The summed E-state index contributed by atoms with van der Waals surface area (Å²) in [4.78, 5) is 10.6. The fourth-order valence-corrected chi connectivity index (χ4v) is 1.23. The summed E-state index contributed by atoms with van der Waals surface area (Å²) in [6.45, 7) is 0. The molecule has 0 spiro atoms. The summed E-state index contributed by atoms with van der Waals surface area (Å²) < 4.78 is 21.0. The van der Waals surface area contributed by atoms with Crippen LogP contribution in [0.5, 0.6) is 0 Å². The minimum absolute atomic E-state index is 0.209. The van der Waals surface area contributed by atoms with Gasteiger partial charge in [0.05, 0.1) is 0 Å². The van der Waals surface area contributed by atoms with Crippen LogP contribution < -0.4 is 5.73 Å². The number of nitrogens with two attached hydrogens (primary N) is 1. The molecule has 0 saturated carbocycles. The van der Waals surface area contributed by atoms with Gasteiger partial charge in [0, 0.05) is 11.0 Å². The van der Waals surface area contributed by atoms with Crippen LogP contribution in [0.3, 0.4) is 0 Å². The van der Waals surface area contributed by atoms with Crippen LogP contribution in [0.4, 0.5) is 0 Å². The Kier molecular flexibility index (Phi) is 3.55. The van der Waals surface area contributed by atoms with Crippen molar-refractivity contribution >= 4 is 23.1 Å². The van der Waals surface area contributed by atoms with Crippen molar-refractivity contribution in [3.63, 3.8) is 0 Å². The lowest BCUT2D eigenvalue weighted by Crippen LogP contribution is -2.05. The van der Waals surface area contributed by atoms with Crippen LogP contribution in [0.25, 0.3) is 6.08 Å².